The number of halogens is 1. The summed E-state index contributed by atoms with van der Waals surface area (Å²) in [5.74, 6) is 1.58. The maximum absolute atomic E-state index is 11.4. The Balaban J connectivity index is 0.00000576. The molecule has 0 aliphatic rings. The van der Waals surface area contributed by atoms with E-state index in [1.807, 2.05) is 26.8 Å². The minimum absolute atomic E-state index is 0. The minimum Gasteiger partial charge on any atom is -0.359 e. The summed E-state index contributed by atoms with van der Waals surface area (Å²) in [6.07, 6.45) is 1.14. The minimum atomic E-state index is -3.28. The summed E-state index contributed by atoms with van der Waals surface area (Å²) in [5.41, 5.74) is 0.262. The quantitative estimate of drug-likeness (QED) is 0.293. The van der Waals surface area contributed by atoms with Gasteiger partial charge in [-0.05, 0) is 26.7 Å². The normalized spacial score (nSPS) is 12.8. The van der Waals surface area contributed by atoms with E-state index in [-0.39, 0.29) is 24.0 Å². The van der Waals surface area contributed by atoms with Crippen LogP contribution in [-0.2, 0) is 16.6 Å². The fraction of sp³-hybridized carbons (Fsp3) is 0.733. The van der Waals surface area contributed by atoms with Crippen LogP contribution in [0.4, 0.5) is 0 Å². The van der Waals surface area contributed by atoms with Gasteiger partial charge in [0.1, 0.15) is 6.54 Å². The first-order valence-corrected chi connectivity index (χ1v) is 9.88. The maximum Gasteiger partial charge on any atom is 0.209 e. The van der Waals surface area contributed by atoms with Crippen molar-refractivity contribution in [2.24, 2.45) is 4.99 Å². The van der Waals surface area contributed by atoms with Crippen LogP contribution < -0.4 is 15.4 Å². The maximum atomic E-state index is 11.4. The zero-order chi connectivity index (χ0) is 18.4. The van der Waals surface area contributed by atoms with Gasteiger partial charge in [-0.25, -0.2) is 18.1 Å². The van der Waals surface area contributed by atoms with Gasteiger partial charge in [0.15, 0.2) is 11.7 Å². The first-order chi connectivity index (χ1) is 11.0. The standard InChI is InChI=1S/C15H29N5O3S.HI/c1-7-16-14(18-10-15(4,5)20-24(6,21)22)17-9-12-8-13(11(2)3)19-23-12;/h8,11,20H,7,9-10H2,1-6H3,(H2,16,17,18);1H. The summed E-state index contributed by atoms with van der Waals surface area (Å²) in [6.45, 7) is 11.1. The van der Waals surface area contributed by atoms with E-state index in [1.54, 1.807) is 13.8 Å². The molecule has 0 fully saturated rings. The summed E-state index contributed by atoms with van der Waals surface area (Å²) in [6, 6.07) is 1.90. The van der Waals surface area contributed by atoms with Gasteiger partial charge in [0.25, 0.3) is 0 Å². The molecule has 0 bridgehead atoms. The van der Waals surface area contributed by atoms with E-state index in [1.165, 1.54) is 0 Å². The van der Waals surface area contributed by atoms with Crippen molar-refractivity contribution in [3.8, 4) is 0 Å². The average molecular weight is 487 g/mol. The smallest absolute Gasteiger partial charge is 0.209 e. The van der Waals surface area contributed by atoms with Crippen molar-refractivity contribution in [3.63, 3.8) is 0 Å². The van der Waals surface area contributed by atoms with Crippen molar-refractivity contribution in [1.82, 2.24) is 20.5 Å². The Morgan fingerprint density at radius 2 is 2.00 bits per heavy atom. The number of hydrogen-bond acceptors (Lipinski definition) is 5. The molecule has 146 valence electrons. The van der Waals surface area contributed by atoms with E-state index in [4.69, 9.17) is 4.52 Å². The number of nitrogens with one attached hydrogen (secondary N) is 3. The largest absolute Gasteiger partial charge is 0.359 e. The van der Waals surface area contributed by atoms with Crippen LogP contribution >= 0.6 is 24.0 Å². The Labute approximate surface area is 167 Å². The highest BCUT2D eigenvalue weighted by Crippen LogP contribution is 2.14. The van der Waals surface area contributed by atoms with Gasteiger partial charge in [-0.15, -0.1) is 24.0 Å². The van der Waals surface area contributed by atoms with Crippen molar-refractivity contribution in [2.75, 3.05) is 19.3 Å². The lowest BCUT2D eigenvalue weighted by Gasteiger charge is -2.26. The Hall–Kier alpha value is -0.880. The second-order valence-corrected chi connectivity index (χ2v) is 8.43. The third-order valence-electron chi connectivity index (χ3n) is 3.07. The van der Waals surface area contributed by atoms with Crippen LogP contribution in [0.2, 0.25) is 0 Å². The second kappa shape index (κ2) is 10.3. The lowest BCUT2D eigenvalue weighted by atomic mass is 10.1. The van der Waals surface area contributed by atoms with Crippen LogP contribution in [0, 0.1) is 0 Å². The Kier molecular flexibility index (Phi) is 9.95. The van der Waals surface area contributed by atoms with Crippen LogP contribution in [0.1, 0.15) is 52.0 Å². The van der Waals surface area contributed by atoms with Gasteiger partial charge < -0.3 is 15.2 Å². The van der Waals surface area contributed by atoms with Crippen molar-refractivity contribution < 1.29 is 12.9 Å². The van der Waals surface area contributed by atoms with Crippen molar-refractivity contribution in [2.45, 2.75) is 52.6 Å². The van der Waals surface area contributed by atoms with Crippen molar-refractivity contribution in [1.29, 1.82) is 0 Å². The first kappa shape index (κ1) is 24.1. The zero-order valence-corrected chi connectivity index (χ0v) is 18.9. The van der Waals surface area contributed by atoms with Gasteiger partial charge in [0.05, 0.1) is 11.9 Å². The molecule has 10 heteroatoms. The number of hydrogen-bond donors (Lipinski definition) is 3. The average Bonchev–Trinajstić information content (AvgIpc) is 2.88. The molecule has 0 aliphatic carbocycles. The highest BCUT2D eigenvalue weighted by molar-refractivity contribution is 14.0. The molecule has 0 saturated heterocycles. The number of aromatic nitrogens is 1. The van der Waals surface area contributed by atoms with Crippen LogP contribution in [0.15, 0.2) is 15.6 Å². The first-order valence-electron chi connectivity index (χ1n) is 7.99. The van der Waals surface area contributed by atoms with Crippen LogP contribution in [0.5, 0.6) is 0 Å². The van der Waals surface area contributed by atoms with E-state index in [0.717, 1.165) is 11.9 Å². The summed E-state index contributed by atoms with van der Waals surface area (Å²) in [5, 5.41) is 10.3. The molecule has 0 spiro atoms. The van der Waals surface area contributed by atoms with Crippen molar-refractivity contribution in [3.05, 3.63) is 17.5 Å². The summed E-state index contributed by atoms with van der Waals surface area (Å²) in [7, 11) is -3.28. The summed E-state index contributed by atoms with van der Waals surface area (Å²) >= 11 is 0. The molecule has 0 amide bonds. The fourth-order valence-corrected chi connectivity index (χ4v) is 3.09. The monoisotopic (exact) mass is 487 g/mol. The highest BCUT2D eigenvalue weighted by atomic mass is 127. The highest BCUT2D eigenvalue weighted by Gasteiger charge is 2.22. The topological polar surface area (TPSA) is 109 Å². The Morgan fingerprint density at radius 1 is 1.36 bits per heavy atom. The van der Waals surface area contributed by atoms with Crippen LogP contribution in [-0.4, -0.2) is 44.4 Å². The van der Waals surface area contributed by atoms with Crippen molar-refractivity contribution >= 4 is 40.0 Å². The molecule has 0 atom stereocenters. The second-order valence-electron chi connectivity index (χ2n) is 6.68. The molecular weight excluding hydrogens is 457 g/mol. The van der Waals surface area contributed by atoms with E-state index >= 15 is 0 Å². The van der Waals surface area contributed by atoms with E-state index < -0.39 is 15.6 Å². The molecular formula is C15H30IN5O3S. The van der Waals surface area contributed by atoms with Gasteiger partial charge in [0, 0.05) is 24.7 Å². The molecule has 1 rings (SSSR count). The van der Waals surface area contributed by atoms with Gasteiger partial charge in [-0.1, -0.05) is 19.0 Å². The number of aliphatic imine (C=N–C) groups is 1. The molecule has 1 aromatic rings. The molecule has 1 aromatic heterocycles. The molecule has 0 radical (unpaired) electrons. The van der Waals surface area contributed by atoms with Gasteiger partial charge in [-0.2, -0.15) is 0 Å². The SMILES string of the molecule is CCNC(=NCc1cc(C(C)C)no1)NCC(C)(C)NS(C)(=O)=O.I. The predicted octanol–water partition coefficient (Wildman–Crippen LogP) is 1.80. The number of guanidine groups is 1. The fourth-order valence-electron chi connectivity index (χ4n) is 2.02. The van der Waals surface area contributed by atoms with E-state index in [0.29, 0.717) is 37.3 Å². The lowest BCUT2D eigenvalue weighted by Crippen LogP contribution is -2.53. The van der Waals surface area contributed by atoms with Gasteiger partial charge >= 0.3 is 0 Å². The van der Waals surface area contributed by atoms with Crippen LogP contribution in [0.3, 0.4) is 0 Å². The number of rotatable bonds is 8. The Morgan fingerprint density at radius 3 is 2.48 bits per heavy atom. The molecule has 25 heavy (non-hydrogen) atoms. The molecule has 3 N–H and O–H groups in total. The molecule has 1 heterocycles. The molecule has 0 saturated carbocycles. The number of nitrogens with zero attached hydrogens (tertiary/aromatic N) is 2. The van der Waals surface area contributed by atoms with E-state index in [9.17, 15) is 8.42 Å². The van der Waals surface area contributed by atoms with Crippen LogP contribution in [0.25, 0.3) is 0 Å². The summed E-state index contributed by atoms with van der Waals surface area (Å²) < 4.78 is 30.6. The third kappa shape index (κ3) is 10.00. The third-order valence-corrected chi connectivity index (χ3v) is 3.99. The van der Waals surface area contributed by atoms with Gasteiger partial charge in [-0.3, -0.25) is 0 Å². The predicted molar refractivity (Wildman–Crippen MR) is 111 cm³/mol. The van der Waals surface area contributed by atoms with E-state index in [2.05, 4.69) is 25.5 Å². The Bertz CT molecular complexity index is 656. The molecule has 0 unspecified atom stereocenters. The van der Waals surface area contributed by atoms with Gasteiger partial charge in [0.2, 0.25) is 10.0 Å². The summed E-state index contributed by atoms with van der Waals surface area (Å²) in [4.78, 5) is 4.44. The number of sulfonamides is 1. The molecule has 0 aromatic carbocycles. The lowest BCUT2D eigenvalue weighted by molar-refractivity contribution is 0.376. The molecule has 0 aliphatic heterocycles. The zero-order valence-electron chi connectivity index (χ0n) is 15.7. The molecule has 8 nitrogen and oxygen atoms in total.